The van der Waals surface area contributed by atoms with Crippen molar-refractivity contribution in [1.82, 2.24) is 14.9 Å². The second-order valence-electron chi connectivity index (χ2n) is 4.64. The van der Waals surface area contributed by atoms with Gasteiger partial charge in [0.1, 0.15) is 4.88 Å². The highest BCUT2D eigenvalue weighted by Crippen LogP contribution is 2.41. The SMILES string of the molecule is O=C(NCc1c(Cl)cccc1Cl)c1snnc1C1CC1. The maximum absolute atomic E-state index is 12.2. The van der Waals surface area contributed by atoms with E-state index in [2.05, 4.69) is 14.9 Å². The molecule has 3 rings (SSSR count). The van der Waals surface area contributed by atoms with Crippen molar-refractivity contribution in [2.45, 2.75) is 25.3 Å². The van der Waals surface area contributed by atoms with Gasteiger partial charge >= 0.3 is 0 Å². The normalized spacial score (nSPS) is 14.3. The first-order chi connectivity index (χ1) is 9.66. The van der Waals surface area contributed by atoms with E-state index in [-0.39, 0.29) is 5.91 Å². The summed E-state index contributed by atoms with van der Waals surface area (Å²) in [7, 11) is 0. The van der Waals surface area contributed by atoms with Crippen molar-refractivity contribution in [3.8, 4) is 0 Å². The number of hydrogen-bond acceptors (Lipinski definition) is 4. The van der Waals surface area contributed by atoms with Crippen molar-refractivity contribution in [1.29, 1.82) is 0 Å². The van der Waals surface area contributed by atoms with Crippen molar-refractivity contribution in [3.05, 3.63) is 44.4 Å². The number of amides is 1. The second-order valence-corrected chi connectivity index (χ2v) is 6.21. The summed E-state index contributed by atoms with van der Waals surface area (Å²) in [6.07, 6.45) is 2.17. The number of halogens is 2. The van der Waals surface area contributed by atoms with Crippen LogP contribution in [0.5, 0.6) is 0 Å². The summed E-state index contributed by atoms with van der Waals surface area (Å²) in [5.41, 5.74) is 1.53. The van der Waals surface area contributed by atoms with Crippen molar-refractivity contribution >= 4 is 40.6 Å². The van der Waals surface area contributed by atoms with Crippen LogP contribution < -0.4 is 5.32 Å². The lowest BCUT2D eigenvalue weighted by molar-refractivity contribution is 0.0954. The Labute approximate surface area is 130 Å². The minimum Gasteiger partial charge on any atom is -0.347 e. The Hall–Kier alpha value is -1.17. The van der Waals surface area contributed by atoms with Gasteiger partial charge in [0.05, 0.1) is 5.69 Å². The van der Waals surface area contributed by atoms with E-state index in [4.69, 9.17) is 23.2 Å². The quantitative estimate of drug-likeness (QED) is 0.932. The molecule has 1 N–H and O–H groups in total. The zero-order chi connectivity index (χ0) is 14.1. The summed E-state index contributed by atoms with van der Waals surface area (Å²) < 4.78 is 3.87. The van der Waals surface area contributed by atoms with Crippen molar-refractivity contribution < 1.29 is 4.79 Å². The van der Waals surface area contributed by atoms with Crippen molar-refractivity contribution in [3.63, 3.8) is 0 Å². The van der Waals surface area contributed by atoms with Gasteiger partial charge in [0, 0.05) is 28.1 Å². The fourth-order valence-electron chi connectivity index (χ4n) is 1.93. The predicted octanol–water partition coefficient (Wildman–Crippen LogP) is 3.65. The summed E-state index contributed by atoms with van der Waals surface area (Å²) in [4.78, 5) is 12.8. The standard InChI is InChI=1S/C13H11Cl2N3OS/c14-9-2-1-3-10(15)8(9)6-16-13(19)12-11(7-4-5-7)17-18-20-12/h1-3,7H,4-6H2,(H,16,19). The molecule has 0 atom stereocenters. The third-order valence-corrected chi connectivity index (χ3v) is 4.62. The molecular weight excluding hydrogens is 317 g/mol. The molecule has 1 heterocycles. The van der Waals surface area contributed by atoms with E-state index in [9.17, 15) is 4.79 Å². The Morgan fingerprint density at radius 1 is 1.35 bits per heavy atom. The lowest BCUT2D eigenvalue weighted by atomic mass is 10.2. The molecule has 0 spiro atoms. The number of carbonyl (C=O) groups is 1. The molecule has 4 nitrogen and oxygen atoms in total. The number of nitrogens with zero attached hydrogens (tertiary/aromatic N) is 2. The summed E-state index contributed by atoms with van der Waals surface area (Å²) in [5, 5.41) is 7.96. The van der Waals surface area contributed by atoms with Gasteiger partial charge in [0.2, 0.25) is 0 Å². The smallest absolute Gasteiger partial charge is 0.265 e. The van der Waals surface area contributed by atoms with Crippen LogP contribution in [-0.2, 0) is 6.54 Å². The molecule has 20 heavy (non-hydrogen) atoms. The minimum atomic E-state index is -0.169. The van der Waals surface area contributed by atoms with Gasteiger partial charge in [-0.2, -0.15) is 0 Å². The van der Waals surface area contributed by atoms with Crippen LogP contribution in [-0.4, -0.2) is 15.5 Å². The molecule has 1 fully saturated rings. The zero-order valence-corrected chi connectivity index (χ0v) is 12.7. The Bertz CT molecular complexity index is 635. The van der Waals surface area contributed by atoms with Crippen LogP contribution in [0.3, 0.4) is 0 Å². The molecule has 104 valence electrons. The van der Waals surface area contributed by atoms with Crippen molar-refractivity contribution in [2.75, 3.05) is 0 Å². The molecule has 1 aliphatic carbocycles. The first kappa shape index (κ1) is 13.8. The fourth-order valence-corrected chi connectivity index (χ4v) is 3.13. The van der Waals surface area contributed by atoms with Gasteiger partial charge < -0.3 is 5.32 Å². The molecule has 0 radical (unpaired) electrons. The number of rotatable bonds is 4. The third-order valence-electron chi connectivity index (χ3n) is 3.17. The predicted molar refractivity (Wildman–Crippen MR) is 79.5 cm³/mol. The molecule has 0 unspecified atom stereocenters. The number of carbonyl (C=O) groups excluding carboxylic acids is 1. The Morgan fingerprint density at radius 2 is 2.05 bits per heavy atom. The molecule has 1 aromatic heterocycles. The second kappa shape index (κ2) is 5.68. The Morgan fingerprint density at radius 3 is 2.70 bits per heavy atom. The van der Waals surface area contributed by atoms with Crippen LogP contribution in [0.1, 0.15) is 39.7 Å². The molecule has 1 amide bonds. The summed E-state index contributed by atoms with van der Waals surface area (Å²) in [6, 6.07) is 5.27. The first-order valence-corrected chi connectivity index (χ1v) is 7.73. The molecule has 7 heteroatoms. The monoisotopic (exact) mass is 327 g/mol. The third kappa shape index (κ3) is 2.80. The van der Waals surface area contributed by atoms with Gasteiger partial charge in [0.15, 0.2) is 0 Å². The molecule has 1 aromatic carbocycles. The molecule has 0 bridgehead atoms. The molecule has 0 aliphatic heterocycles. The van der Waals surface area contributed by atoms with Gasteiger partial charge in [-0.05, 0) is 36.5 Å². The number of aromatic nitrogens is 2. The highest BCUT2D eigenvalue weighted by molar-refractivity contribution is 7.08. The van der Waals surface area contributed by atoms with Gasteiger partial charge in [-0.15, -0.1) is 5.10 Å². The van der Waals surface area contributed by atoms with Crippen LogP contribution in [0.15, 0.2) is 18.2 Å². The zero-order valence-electron chi connectivity index (χ0n) is 10.4. The number of benzene rings is 1. The van der Waals surface area contributed by atoms with E-state index in [1.807, 2.05) is 0 Å². The Balaban J connectivity index is 1.72. The Kier molecular flexibility index (Phi) is 3.92. The van der Waals surface area contributed by atoms with E-state index in [0.29, 0.717) is 27.4 Å². The highest BCUT2D eigenvalue weighted by Gasteiger charge is 2.31. The summed E-state index contributed by atoms with van der Waals surface area (Å²) in [6.45, 7) is 0.291. The lowest BCUT2D eigenvalue weighted by Gasteiger charge is -2.08. The fraction of sp³-hybridized carbons (Fsp3) is 0.308. The van der Waals surface area contributed by atoms with Crippen LogP contribution in [0, 0.1) is 0 Å². The average molecular weight is 328 g/mol. The maximum atomic E-state index is 12.2. The lowest BCUT2D eigenvalue weighted by Crippen LogP contribution is -2.23. The summed E-state index contributed by atoms with van der Waals surface area (Å²) in [5.74, 6) is 0.233. The first-order valence-electron chi connectivity index (χ1n) is 6.20. The van der Waals surface area contributed by atoms with Crippen molar-refractivity contribution in [2.24, 2.45) is 0 Å². The van der Waals surface area contributed by atoms with E-state index in [0.717, 1.165) is 35.6 Å². The van der Waals surface area contributed by atoms with Gasteiger partial charge in [-0.25, -0.2) is 0 Å². The number of hydrogen-bond donors (Lipinski definition) is 1. The highest BCUT2D eigenvalue weighted by atomic mass is 35.5. The van der Waals surface area contributed by atoms with Gasteiger partial charge in [-0.1, -0.05) is 33.8 Å². The van der Waals surface area contributed by atoms with Crippen LogP contribution >= 0.6 is 34.7 Å². The van der Waals surface area contributed by atoms with Crippen LogP contribution in [0.25, 0.3) is 0 Å². The van der Waals surface area contributed by atoms with E-state index >= 15 is 0 Å². The van der Waals surface area contributed by atoms with E-state index in [1.54, 1.807) is 18.2 Å². The van der Waals surface area contributed by atoms with E-state index in [1.165, 1.54) is 0 Å². The maximum Gasteiger partial charge on any atom is 0.265 e. The van der Waals surface area contributed by atoms with Gasteiger partial charge in [-0.3, -0.25) is 4.79 Å². The molecule has 2 aromatic rings. The topological polar surface area (TPSA) is 54.9 Å². The molecule has 1 saturated carbocycles. The summed E-state index contributed by atoms with van der Waals surface area (Å²) >= 11 is 13.3. The molecular formula is C13H11Cl2N3OS. The average Bonchev–Trinajstić information content (AvgIpc) is 3.15. The molecule has 1 aliphatic rings. The number of nitrogens with one attached hydrogen (secondary N) is 1. The van der Waals surface area contributed by atoms with Gasteiger partial charge in [0.25, 0.3) is 5.91 Å². The minimum absolute atomic E-state index is 0.169. The van der Waals surface area contributed by atoms with E-state index < -0.39 is 0 Å². The molecule has 0 saturated heterocycles. The van der Waals surface area contributed by atoms with Crippen LogP contribution in [0.2, 0.25) is 10.0 Å². The van der Waals surface area contributed by atoms with Crippen LogP contribution in [0.4, 0.5) is 0 Å². The largest absolute Gasteiger partial charge is 0.347 e.